The minimum Gasteiger partial charge on any atom is -0.322 e. The highest BCUT2D eigenvalue weighted by atomic mass is 32.1. The molecule has 6 heteroatoms. The fraction of sp³-hybridized carbons (Fsp3) is 0.667. The third-order valence-corrected chi connectivity index (χ3v) is 3.90. The van der Waals surface area contributed by atoms with Crippen molar-refractivity contribution in [3.63, 3.8) is 0 Å². The second-order valence-corrected chi connectivity index (χ2v) is 5.54. The predicted octanol–water partition coefficient (Wildman–Crippen LogP) is 2.18. The number of nitriles is 1. The first-order valence-electron chi connectivity index (χ1n) is 6.18. The molecule has 1 aromatic heterocycles. The van der Waals surface area contributed by atoms with Crippen molar-refractivity contribution in [1.29, 1.82) is 5.26 Å². The summed E-state index contributed by atoms with van der Waals surface area (Å²) < 4.78 is 3.87. The number of rotatable bonds is 2. The first kappa shape index (κ1) is 13.0. The largest absolute Gasteiger partial charge is 0.322 e. The van der Waals surface area contributed by atoms with Gasteiger partial charge in [-0.25, -0.2) is 0 Å². The molecule has 1 aliphatic heterocycles. The van der Waals surface area contributed by atoms with Crippen LogP contribution in [0.5, 0.6) is 0 Å². The molecule has 0 aliphatic carbocycles. The summed E-state index contributed by atoms with van der Waals surface area (Å²) in [6.45, 7) is 4.64. The van der Waals surface area contributed by atoms with Crippen LogP contribution in [0.15, 0.2) is 0 Å². The Morgan fingerprint density at radius 3 is 3.00 bits per heavy atom. The maximum absolute atomic E-state index is 12.5. The van der Waals surface area contributed by atoms with Gasteiger partial charge in [0, 0.05) is 6.54 Å². The summed E-state index contributed by atoms with van der Waals surface area (Å²) in [6.07, 6.45) is 2.75. The van der Waals surface area contributed by atoms with Crippen molar-refractivity contribution in [2.75, 3.05) is 6.54 Å². The first-order chi connectivity index (χ1) is 8.65. The number of likely N-dealkylation sites (tertiary alicyclic amines) is 1. The van der Waals surface area contributed by atoms with Crippen molar-refractivity contribution in [3.05, 3.63) is 10.6 Å². The summed E-state index contributed by atoms with van der Waals surface area (Å²) in [5, 5.41) is 13.1. The van der Waals surface area contributed by atoms with E-state index in [9.17, 15) is 4.79 Å². The molecule has 0 aromatic carbocycles. The Morgan fingerprint density at radius 1 is 1.56 bits per heavy atom. The first-order valence-corrected chi connectivity index (χ1v) is 6.95. The van der Waals surface area contributed by atoms with Gasteiger partial charge < -0.3 is 4.90 Å². The average Bonchev–Trinajstić information content (AvgIpc) is 2.87. The van der Waals surface area contributed by atoms with Crippen LogP contribution in [0.25, 0.3) is 0 Å². The Bertz CT molecular complexity index is 477. The van der Waals surface area contributed by atoms with E-state index in [1.54, 1.807) is 4.90 Å². The Hall–Kier alpha value is -1.48. The van der Waals surface area contributed by atoms with Crippen molar-refractivity contribution < 1.29 is 4.79 Å². The molecule has 1 amide bonds. The number of carbonyl (C=O) groups is 1. The zero-order valence-electron chi connectivity index (χ0n) is 10.6. The van der Waals surface area contributed by atoms with Gasteiger partial charge in [-0.3, -0.25) is 4.79 Å². The van der Waals surface area contributed by atoms with Gasteiger partial charge in [0.1, 0.15) is 10.9 Å². The molecule has 1 aliphatic rings. The summed E-state index contributed by atoms with van der Waals surface area (Å²) in [5.41, 5.74) is 0.743. The molecular formula is C12H16N4OS. The fourth-order valence-electron chi connectivity index (χ4n) is 2.16. The number of piperidine rings is 1. The van der Waals surface area contributed by atoms with Gasteiger partial charge in [0.2, 0.25) is 0 Å². The molecule has 0 saturated carbocycles. The SMILES string of the molecule is CC(C)c1nnsc1C(=O)N1CCCCC1C#N. The van der Waals surface area contributed by atoms with Crippen molar-refractivity contribution in [2.45, 2.75) is 45.1 Å². The number of hydrogen-bond acceptors (Lipinski definition) is 5. The molecule has 96 valence electrons. The van der Waals surface area contributed by atoms with Crippen molar-refractivity contribution in [3.8, 4) is 6.07 Å². The van der Waals surface area contributed by atoms with E-state index in [1.807, 2.05) is 13.8 Å². The zero-order valence-corrected chi connectivity index (χ0v) is 11.4. The van der Waals surface area contributed by atoms with Gasteiger partial charge in [-0.1, -0.05) is 18.3 Å². The third-order valence-electron chi connectivity index (χ3n) is 3.17. The van der Waals surface area contributed by atoms with Gasteiger partial charge in [0.05, 0.1) is 11.8 Å². The Morgan fingerprint density at radius 2 is 2.33 bits per heavy atom. The Kier molecular flexibility index (Phi) is 3.92. The van der Waals surface area contributed by atoms with Crippen molar-refractivity contribution >= 4 is 17.4 Å². The minimum absolute atomic E-state index is 0.0834. The number of carbonyl (C=O) groups excluding carboxylic acids is 1. The summed E-state index contributed by atoms with van der Waals surface area (Å²) in [6, 6.07) is 1.92. The monoisotopic (exact) mass is 264 g/mol. The molecule has 1 atom stereocenters. The second-order valence-electron chi connectivity index (χ2n) is 4.78. The number of amides is 1. The topological polar surface area (TPSA) is 69.9 Å². The zero-order chi connectivity index (χ0) is 13.1. The lowest BCUT2D eigenvalue weighted by Crippen LogP contribution is -2.43. The van der Waals surface area contributed by atoms with E-state index in [1.165, 1.54) is 0 Å². The van der Waals surface area contributed by atoms with E-state index >= 15 is 0 Å². The van der Waals surface area contributed by atoms with E-state index < -0.39 is 0 Å². The van der Waals surface area contributed by atoms with Gasteiger partial charge in [-0.05, 0) is 36.7 Å². The maximum atomic E-state index is 12.5. The van der Waals surface area contributed by atoms with Crippen LogP contribution in [-0.4, -0.2) is 33.0 Å². The lowest BCUT2D eigenvalue weighted by atomic mass is 10.0. The van der Waals surface area contributed by atoms with Crippen LogP contribution < -0.4 is 0 Å². The number of nitrogens with zero attached hydrogens (tertiary/aromatic N) is 4. The van der Waals surface area contributed by atoms with E-state index in [2.05, 4.69) is 15.7 Å². The van der Waals surface area contributed by atoms with E-state index in [-0.39, 0.29) is 17.9 Å². The highest BCUT2D eigenvalue weighted by molar-refractivity contribution is 7.08. The predicted molar refractivity (Wildman–Crippen MR) is 68.3 cm³/mol. The van der Waals surface area contributed by atoms with Crippen LogP contribution in [0, 0.1) is 11.3 Å². The molecule has 1 unspecified atom stereocenters. The molecule has 1 saturated heterocycles. The van der Waals surface area contributed by atoms with Gasteiger partial charge in [0.25, 0.3) is 5.91 Å². The maximum Gasteiger partial charge on any atom is 0.268 e. The van der Waals surface area contributed by atoms with E-state index in [0.717, 1.165) is 36.5 Å². The molecule has 1 aromatic rings. The Labute approximate surface area is 111 Å². The molecular weight excluding hydrogens is 248 g/mol. The molecule has 0 spiro atoms. The van der Waals surface area contributed by atoms with Gasteiger partial charge in [-0.15, -0.1) is 5.10 Å². The van der Waals surface area contributed by atoms with E-state index in [0.29, 0.717) is 11.4 Å². The van der Waals surface area contributed by atoms with Crippen LogP contribution >= 0.6 is 11.5 Å². The van der Waals surface area contributed by atoms with Crippen molar-refractivity contribution in [1.82, 2.24) is 14.5 Å². The van der Waals surface area contributed by atoms with E-state index in [4.69, 9.17) is 5.26 Å². The van der Waals surface area contributed by atoms with Gasteiger partial charge >= 0.3 is 0 Å². The van der Waals surface area contributed by atoms with Crippen molar-refractivity contribution in [2.24, 2.45) is 0 Å². The molecule has 0 bridgehead atoms. The highest BCUT2D eigenvalue weighted by Gasteiger charge is 2.30. The quantitative estimate of drug-likeness (QED) is 0.821. The van der Waals surface area contributed by atoms with Gasteiger partial charge in [-0.2, -0.15) is 5.26 Å². The summed E-state index contributed by atoms with van der Waals surface area (Å²) >= 11 is 1.13. The number of aromatic nitrogens is 2. The molecule has 2 heterocycles. The third kappa shape index (κ3) is 2.36. The highest BCUT2D eigenvalue weighted by Crippen LogP contribution is 2.25. The number of hydrogen-bond donors (Lipinski definition) is 0. The fourth-order valence-corrected chi connectivity index (χ4v) is 2.94. The van der Waals surface area contributed by atoms with Gasteiger partial charge in [0.15, 0.2) is 0 Å². The molecule has 5 nitrogen and oxygen atoms in total. The van der Waals surface area contributed by atoms with Crippen LogP contribution in [0.3, 0.4) is 0 Å². The smallest absolute Gasteiger partial charge is 0.268 e. The molecule has 1 fully saturated rings. The molecule has 2 rings (SSSR count). The average molecular weight is 264 g/mol. The normalized spacial score (nSPS) is 19.9. The standard InChI is InChI=1S/C12H16N4OS/c1-8(2)10-11(18-15-14-10)12(17)16-6-4-3-5-9(16)7-13/h8-9H,3-6H2,1-2H3. The lowest BCUT2D eigenvalue weighted by Gasteiger charge is -2.31. The summed E-state index contributed by atoms with van der Waals surface area (Å²) in [7, 11) is 0. The van der Waals surface area contributed by atoms with Crippen LogP contribution in [0.1, 0.15) is 54.4 Å². The molecule has 0 N–H and O–H groups in total. The van der Waals surface area contributed by atoms with Crippen LogP contribution in [0.2, 0.25) is 0 Å². The minimum atomic E-state index is -0.298. The lowest BCUT2D eigenvalue weighted by molar-refractivity contribution is 0.0674. The summed E-state index contributed by atoms with van der Waals surface area (Å²) in [5.74, 6) is 0.0907. The summed E-state index contributed by atoms with van der Waals surface area (Å²) in [4.78, 5) is 14.7. The molecule has 18 heavy (non-hydrogen) atoms. The molecule has 0 radical (unpaired) electrons. The van der Waals surface area contributed by atoms with Crippen LogP contribution in [0.4, 0.5) is 0 Å². The second kappa shape index (κ2) is 5.44. The van der Waals surface area contributed by atoms with Crippen LogP contribution in [-0.2, 0) is 0 Å². The Balaban J connectivity index is 2.25.